The van der Waals surface area contributed by atoms with Gasteiger partial charge in [0.15, 0.2) is 0 Å². The summed E-state index contributed by atoms with van der Waals surface area (Å²) >= 11 is 12.9. The molecule has 3 N–H and O–H groups in total. The van der Waals surface area contributed by atoms with E-state index in [1.165, 1.54) is 0 Å². The summed E-state index contributed by atoms with van der Waals surface area (Å²) in [4.78, 5) is 0. The summed E-state index contributed by atoms with van der Waals surface area (Å²) in [7, 11) is 0. The predicted octanol–water partition coefficient (Wildman–Crippen LogP) is 5.33. The summed E-state index contributed by atoms with van der Waals surface area (Å²) in [6.45, 7) is 4.04. The fraction of sp³-hybridized carbons (Fsp3) is 0.333. The first-order valence-electron chi connectivity index (χ1n) is 8.73. The second-order valence-corrected chi connectivity index (χ2v) is 7.70. The molecule has 0 aromatic heterocycles. The van der Waals surface area contributed by atoms with Crippen LogP contribution in [0.1, 0.15) is 25.8 Å². The van der Waals surface area contributed by atoms with Gasteiger partial charge in [0.1, 0.15) is 0 Å². The molecule has 3 nitrogen and oxygen atoms in total. The normalized spacial score (nSPS) is 14.7. The summed E-state index contributed by atoms with van der Waals surface area (Å²) < 4.78 is 0. The largest absolute Gasteiger partial charge is 0.394 e. The summed E-state index contributed by atoms with van der Waals surface area (Å²) in [6.07, 6.45) is -0.0984. The van der Waals surface area contributed by atoms with Gasteiger partial charge >= 0.3 is 0 Å². The van der Waals surface area contributed by atoms with Crippen LogP contribution in [0.2, 0.25) is 10.0 Å². The maximum atomic E-state index is 10.3. The zero-order valence-electron chi connectivity index (χ0n) is 15.3. The van der Waals surface area contributed by atoms with Crippen LogP contribution in [0.3, 0.4) is 0 Å². The first-order valence-corrected chi connectivity index (χ1v) is 9.49. The summed E-state index contributed by atoms with van der Waals surface area (Å²) in [5.41, 5.74) is 0.255. The molecule has 0 bridgehead atoms. The quantitative estimate of drug-likeness (QED) is 0.465. The zero-order valence-corrected chi connectivity index (χ0v) is 17.6. The molecule has 0 amide bonds. The highest BCUT2D eigenvalue weighted by Gasteiger charge is 2.31. The number of rotatable bonds is 6. The van der Waals surface area contributed by atoms with E-state index in [1.54, 1.807) is 0 Å². The van der Waals surface area contributed by atoms with Crippen molar-refractivity contribution in [1.82, 2.24) is 5.32 Å². The zero-order chi connectivity index (χ0) is 18.9. The van der Waals surface area contributed by atoms with E-state index in [1.807, 2.05) is 56.3 Å². The first-order chi connectivity index (χ1) is 12.4. The molecule has 0 aliphatic heterocycles. The topological polar surface area (TPSA) is 52.5 Å². The van der Waals surface area contributed by atoms with Gasteiger partial charge in [0, 0.05) is 22.3 Å². The number of hydrogen-bond donors (Lipinski definition) is 3. The highest BCUT2D eigenvalue weighted by molar-refractivity contribution is 6.41. The molecule has 0 spiro atoms. The number of fused-ring (bicyclic) bond motifs is 2. The Labute approximate surface area is 175 Å². The molecule has 0 saturated heterocycles. The molecule has 0 radical (unpaired) electrons. The molecule has 146 valence electrons. The summed E-state index contributed by atoms with van der Waals surface area (Å²) in [5, 5.41) is 28.7. The van der Waals surface area contributed by atoms with Gasteiger partial charge in [-0.05, 0) is 41.8 Å². The minimum atomic E-state index is -0.791. The lowest BCUT2D eigenvalue weighted by Crippen LogP contribution is -2.54. The molecule has 0 fully saturated rings. The Morgan fingerprint density at radius 2 is 1.67 bits per heavy atom. The molecule has 27 heavy (non-hydrogen) atoms. The van der Waals surface area contributed by atoms with Crippen molar-refractivity contribution in [3.05, 3.63) is 58.1 Å². The Balaban J connectivity index is 0.00000261. The van der Waals surface area contributed by atoms with Crippen LogP contribution in [0.5, 0.6) is 0 Å². The average molecular weight is 429 g/mol. The second kappa shape index (κ2) is 8.95. The minimum absolute atomic E-state index is 0. The average Bonchev–Trinajstić information content (AvgIpc) is 2.66. The van der Waals surface area contributed by atoms with Crippen molar-refractivity contribution >= 4 is 57.2 Å². The fourth-order valence-electron chi connectivity index (χ4n) is 3.40. The maximum Gasteiger partial charge on any atom is 0.0739 e. The van der Waals surface area contributed by atoms with Crippen molar-refractivity contribution in [3.63, 3.8) is 0 Å². The Morgan fingerprint density at radius 3 is 2.30 bits per heavy atom. The van der Waals surface area contributed by atoms with Crippen molar-refractivity contribution in [2.75, 3.05) is 6.61 Å². The first kappa shape index (κ1) is 22.2. The maximum absolute atomic E-state index is 10.3. The third kappa shape index (κ3) is 4.19. The van der Waals surface area contributed by atoms with E-state index in [-0.39, 0.29) is 19.0 Å². The number of nitrogens with one attached hydrogen (secondary N) is 1. The Kier molecular flexibility index (Phi) is 7.37. The van der Waals surface area contributed by atoms with Crippen LogP contribution in [-0.4, -0.2) is 28.5 Å². The molecule has 6 heteroatoms. The number of aliphatic hydroxyl groups excluding tert-OH is 2. The fourth-order valence-corrected chi connectivity index (χ4v) is 3.90. The number of halogens is 3. The molecule has 2 unspecified atom stereocenters. The molecule has 2 atom stereocenters. The number of hydrogen-bond acceptors (Lipinski definition) is 3. The molecular weight excluding hydrogens is 405 g/mol. The van der Waals surface area contributed by atoms with Gasteiger partial charge < -0.3 is 15.5 Å². The van der Waals surface area contributed by atoms with Crippen molar-refractivity contribution in [1.29, 1.82) is 0 Å². The van der Waals surface area contributed by atoms with Gasteiger partial charge in [-0.1, -0.05) is 60.5 Å². The van der Waals surface area contributed by atoms with Gasteiger partial charge in [-0.25, -0.2) is 0 Å². The van der Waals surface area contributed by atoms with Crippen molar-refractivity contribution in [3.8, 4) is 0 Å². The molecule has 0 saturated carbocycles. The van der Waals surface area contributed by atoms with Crippen LogP contribution in [0, 0.1) is 0 Å². The molecule has 3 aromatic rings. The van der Waals surface area contributed by atoms with Crippen LogP contribution in [0.4, 0.5) is 0 Å². The molecule has 0 heterocycles. The predicted molar refractivity (Wildman–Crippen MR) is 117 cm³/mol. The third-order valence-electron chi connectivity index (χ3n) is 5.15. The van der Waals surface area contributed by atoms with Crippen LogP contribution in [0.15, 0.2) is 42.5 Å². The van der Waals surface area contributed by atoms with Crippen molar-refractivity contribution < 1.29 is 10.2 Å². The second-order valence-electron chi connectivity index (χ2n) is 6.88. The SMILES string of the molecule is CCC(O)C(C)(CO)NCc1c2ccccc2c(Cl)c2ccc(Cl)cc12.Cl. The monoisotopic (exact) mass is 427 g/mol. The lowest BCUT2D eigenvalue weighted by molar-refractivity contribution is 0.0263. The number of benzene rings is 3. The smallest absolute Gasteiger partial charge is 0.0739 e. The van der Waals surface area contributed by atoms with E-state index in [4.69, 9.17) is 23.2 Å². The molecule has 3 aromatic carbocycles. The number of aliphatic hydroxyl groups is 2. The van der Waals surface area contributed by atoms with Gasteiger partial charge in [-0.15, -0.1) is 12.4 Å². The van der Waals surface area contributed by atoms with Crippen molar-refractivity contribution in [2.24, 2.45) is 0 Å². The van der Waals surface area contributed by atoms with Crippen LogP contribution in [-0.2, 0) is 6.54 Å². The van der Waals surface area contributed by atoms with E-state index in [0.717, 1.165) is 27.1 Å². The van der Waals surface area contributed by atoms with Gasteiger partial charge in [-0.2, -0.15) is 0 Å². The Bertz CT molecular complexity index is 948. The van der Waals surface area contributed by atoms with Gasteiger partial charge in [-0.3, -0.25) is 0 Å². The van der Waals surface area contributed by atoms with Crippen LogP contribution < -0.4 is 5.32 Å². The van der Waals surface area contributed by atoms with E-state index in [2.05, 4.69) is 5.32 Å². The molecular formula is C21H24Cl3NO2. The molecule has 0 aliphatic carbocycles. The summed E-state index contributed by atoms with van der Waals surface area (Å²) in [5.74, 6) is 0. The van der Waals surface area contributed by atoms with E-state index in [9.17, 15) is 10.2 Å². The highest BCUT2D eigenvalue weighted by Crippen LogP contribution is 2.37. The molecule has 0 aliphatic rings. The van der Waals surface area contributed by atoms with Crippen molar-refractivity contribution in [2.45, 2.75) is 38.5 Å². The van der Waals surface area contributed by atoms with Crippen LogP contribution in [0.25, 0.3) is 21.5 Å². The highest BCUT2D eigenvalue weighted by atomic mass is 35.5. The van der Waals surface area contributed by atoms with Gasteiger partial charge in [0.25, 0.3) is 0 Å². The lowest BCUT2D eigenvalue weighted by Gasteiger charge is -2.34. The van der Waals surface area contributed by atoms with Gasteiger partial charge in [0.05, 0.1) is 23.3 Å². The van der Waals surface area contributed by atoms with E-state index in [0.29, 0.717) is 23.0 Å². The third-order valence-corrected chi connectivity index (χ3v) is 5.79. The summed E-state index contributed by atoms with van der Waals surface area (Å²) in [6, 6.07) is 13.7. The lowest BCUT2D eigenvalue weighted by atomic mass is 9.91. The minimum Gasteiger partial charge on any atom is -0.394 e. The Hall–Kier alpha value is -1.07. The van der Waals surface area contributed by atoms with E-state index < -0.39 is 11.6 Å². The van der Waals surface area contributed by atoms with Gasteiger partial charge in [0.2, 0.25) is 0 Å². The Morgan fingerprint density at radius 1 is 1.04 bits per heavy atom. The molecule has 3 rings (SSSR count). The standard InChI is InChI=1S/C21H23Cl2NO2.ClH/c1-3-19(26)21(2,12-25)24-11-18-14-6-4-5-7-15(14)20(23)16-9-8-13(22)10-17(16)18;/h4-10,19,24-26H,3,11-12H2,1-2H3;1H. The van der Waals surface area contributed by atoms with E-state index >= 15 is 0 Å². The van der Waals surface area contributed by atoms with Crippen LogP contribution >= 0.6 is 35.6 Å².